The van der Waals surface area contributed by atoms with Crippen LogP contribution in [0, 0.1) is 0 Å². The number of β-amino-alcohol motifs (C(OH)–C–C–N with tert-alkyl or cyclic N) is 1. The minimum atomic E-state index is -0.792. The fourth-order valence-corrected chi connectivity index (χ4v) is 3.43. The van der Waals surface area contributed by atoms with Crippen molar-refractivity contribution in [3.63, 3.8) is 0 Å². The second-order valence-corrected chi connectivity index (χ2v) is 7.56. The Morgan fingerprint density at radius 1 is 1.10 bits per heavy atom. The number of rotatable bonds is 5. The van der Waals surface area contributed by atoms with Crippen LogP contribution in [0.5, 0.6) is 5.75 Å². The van der Waals surface area contributed by atoms with Crippen LogP contribution in [0.2, 0.25) is 0 Å². The molecular formula is C23H27NO5. The third-order valence-corrected chi connectivity index (χ3v) is 5.15. The van der Waals surface area contributed by atoms with Crippen LogP contribution in [0.3, 0.4) is 0 Å². The maximum Gasteiger partial charge on any atom is 0.337 e. The fraction of sp³-hybridized carbons (Fsp3) is 0.391. The van der Waals surface area contributed by atoms with Crippen molar-refractivity contribution in [3.8, 4) is 5.75 Å². The first kappa shape index (κ1) is 20.9. The SMILES string of the molecule is COC(=O)c1cccc(C(=O)N2CC[C@@H](Oc3cccc(C(C)C)c3)[C@H](O)C2)c1. The van der Waals surface area contributed by atoms with E-state index in [-0.39, 0.29) is 18.6 Å². The summed E-state index contributed by atoms with van der Waals surface area (Å²) in [6, 6.07) is 14.3. The number of carbonyl (C=O) groups is 2. The second kappa shape index (κ2) is 9.09. The molecule has 0 unspecified atom stereocenters. The highest BCUT2D eigenvalue weighted by atomic mass is 16.5. The number of piperidine rings is 1. The number of aliphatic hydroxyl groups is 1. The molecule has 1 aliphatic heterocycles. The molecule has 0 spiro atoms. The smallest absolute Gasteiger partial charge is 0.337 e. The molecule has 0 bridgehead atoms. The van der Waals surface area contributed by atoms with Crippen LogP contribution in [0.15, 0.2) is 48.5 Å². The van der Waals surface area contributed by atoms with E-state index >= 15 is 0 Å². The summed E-state index contributed by atoms with van der Waals surface area (Å²) < 4.78 is 10.7. The maximum atomic E-state index is 12.8. The van der Waals surface area contributed by atoms with E-state index < -0.39 is 12.1 Å². The van der Waals surface area contributed by atoms with E-state index in [9.17, 15) is 14.7 Å². The second-order valence-electron chi connectivity index (χ2n) is 7.56. The molecule has 0 radical (unpaired) electrons. The van der Waals surface area contributed by atoms with E-state index in [1.807, 2.05) is 18.2 Å². The molecule has 0 aliphatic carbocycles. The van der Waals surface area contributed by atoms with Crippen molar-refractivity contribution in [2.45, 2.75) is 38.4 Å². The third-order valence-electron chi connectivity index (χ3n) is 5.15. The molecule has 0 saturated carbocycles. The van der Waals surface area contributed by atoms with E-state index in [4.69, 9.17) is 9.47 Å². The first-order valence-electron chi connectivity index (χ1n) is 9.81. The van der Waals surface area contributed by atoms with Crippen molar-refractivity contribution >= 4 is 11.9 Å². The van der Waals surface area contributed by atoms with Gasteiger partial charge in [0.25, 0.3) is 5.91 Å². The van der Waals surface area contributed by atoms with Crippen LogP contribution in [0.4, 0.5) is 0 Å². The Balaban J connectivity index is 1.64. The van der Waals surface area contributed by atoms with Gasteiger partial charge in [-0.1, -0.05) is 32.0 Å². The Morgan fingerprint density at radius 2 is 1.83 bits per heavy atom. The first-order chi connectivity index (χ1) is 13.9. The van der Waals surface area contributed by atoms with Crippen molar-refractivity contribution in [3.05, 3.63) is 65.2 Å². The number of hydrogen-bond acceptors (Lipinski definition) is 5. The number of ether oxygens (including phenoxy) is 2. The summed E-state index contributed by atoms with van der Waals surface area (Å²) >= 11 is 0. The van der Waals surface area contributed by atoms with Crippen LogP contribution in [0.25, 0.3) is 0 Å². The minimum absolute atomic E-state index is 0.176. The molecule has 2 aromatic rings. The molecule has 1 aliphatic rings. The lowest BCUT2D eigenvalue weighted by atomic mass is 10.0. The van der Waals surface area contributed by atoms with Gasteiger partial charge in [-0.05, 0) is 41.8 Å². The van der Waals surface area contributed by atoms with Gasteiger partial charge in [0.1, 0.15) is 18.0 Å². The van der Waals surface area contributed by atoms with E-state index in [0.29, 0.717) is 30.0 Å². The first-order valence-corrected chi connectivity index (χ1v) is 9.81. The fourth-order valence-electron chi connectivity index (χ4n) is 3.43. The van der Waals surface area contributed by atoms with Gasteiger partial charge in [-0.25, -0.2) is 4.79 Å². The number of methoxy groups -OCH3 is 1. The van der Waals surface area contributed by atoms with Gasteiger partial charge in [-0.15, -0.1) is 0 Å². The number of benzene rings is 2. The summed E-state index contributed by atoms with van der Waals surface area (Å²) in [6.07, 6.45) is -0.641. The lowest BCUT2D eigenvalue weighted by Crippen LogP contribution is -2.51. The summed E-state index contributed by atoms with van der Waals surface area (Å²) in [4.78, 5) is 26.1. The number of amides is 1. The third kappa shape index (κ3) is 4.95. The average molecular weight is 397 g/mol. The molecular weight excluding hydrogens is 370 g/mol. The van der Waals surface area contributed by atoms with Gasteiger partial charge in [0.15, 0.2) is 0 Å². The van der Waals surface area contributed by atoms with Crippen LogP contribution >= 0.6 is 0 Å². The molecule has 2 atom stereocenters. The van der Waals surface area contributed by atoms with Crippen LogP contribution < -0.4 is 4.74 Å². The quantitative estimate of drug-likeness (QED) is 0.784. The highest BCUT2D eigenvalue weighted by molar-refractivity contribution is 5.98. The summed E-state index contributed by atoms with van der Waals surface area (Å²) in [5.41, 5.74) is 1.89. The largest absolute Gasteiger partial charge is 0.488 e. The standard InChI is InChI=1S/C23H27NO5/c1-15(2)16-6-5-9-19(13-16)29-21-10-11-24(14-20(21)25)22(26)17-7-4-8-18(12-17)23(27)28-3/h4-9,12-13,15,20-21,25H,10-11,14H2,1-3H3/t20-,21-/m1/s1. The zero-order chi connectivity index (χ0) is 21.0. The Labute approximate surface area is 171 Å². The predicted octanol–water partition coefficient (Wildman–Crippen LogP) is 3.25. The molecule has 1 amide bonds. The lowest BCUT2D eigenvalue weighted by molar-refractivity contribution is -0.0199. The predicted molar refractivity (Wildman–Crippen MR) is 109 cm³/mol. The highest BCUT2D eigenvalue weighted by Gasteiger charge is 2.32. The molecule has 154 valence electrons. The normalized spacial score (nSPS) is 19.1. The van der Waals surface area contributed by atoms with Gasteiger partial charge in [-0.3, -0.25) is 4.79 Å². The topological polar surface area (TPSA) is 76.1 Å². The molecule has 2 aromatic carbocycles. The van der Waals surface area contributed by atoms with E-state index in [1.165, 1.54) is 18.7 Å². The molecule has 1 heterocycles. The number of carbonyl (C=O) groups excluding carboxylic acids is 2. The Hall–Kier alpha value is -2.86. The number of hydrogen-bond donors (Lipinski definition) is 1. The van der Waals surface area contributed by atoms with Gasteiger partial charge >= 0.3 is 5.97 Å². The van der Waals surface area contributed by atoms with Crippen molar-refractivity contribution in [2.24, 2.45) is 0 Å². The Bertz CT molecular complexity index is 879. The molecule has 1 fully saturated rings. The monoisotopic (exact) mass is 397 g/mol. The summed E-state index contributed by atoms with van der Waals surface area (Å²) in [5.74, 6) is 0.403. The highest BCUT2D eigenvalue weighted by Crippen LogP contribution is 2.24. The molecule has 6 heteroatoms. The number of esters is 1. The average Bonchev–Trinajstić information content (AvgIpc) is 2.74. The van der Waals surface area contributed by atoms with E-state index in [0.717, 1.165) is 5.75 Å². The van der Waals surface area contributed by atoms with E-state index in [1.54, 1.807) is 23.1 Å². The summed E-state index contributed by atoms with van der Waals surface area (Å²) in [7, 11) is 1.30. The van der Waals surface area contributed by atoms with E-state index in [2.05, 4.69) is 19.9 Å². The number of likely N-dealkylation sites (tertiary alicyclic amines) is 1. The van der Waals surface area contributed by atoms with Crippen molar-refractivity contribution in [2.75, 3.05) is 20.2 Å². The molecule has 29 heavy (non-hydrogen) atoms. The molecule has 3 rings (SSSR count). The zero-order valence-electron chi connectivity index (χ0n) is 17.0. The van der Waals surface area contributed by atoms with Gasteiger partial charge in [0.05, 0.1) is 19.2 Å². The van der Waals surface area contributed by atoms with Crippen LogP contribution in [-0.2, 0) is 4.74 Å². The van der Waals surface area contributed by atoms with Gasteiger partial charge in [-0.2, -0.15) is 0 Å². The Kier molecular flexibility index (Phi) is 6.54. The number of nitrogens with zero attached hydrogens (tertiary/aromatic N) is 1. The van der Waals surface area contributed by atoms with Crippen molar-refractivity contribution in [1.29, 1.82) is 0 Å². The summed E-state index contributed by atoms with van der Waals surface area (Å²) in [6.45, 7) is 4.88. The van der Waals surface area contributed by atoms with Crippen molar-refractivity contribution in [1.82, 2.24) is 4.90 Å². The van der Waals surface area contributed by atoms with Gasteiger partial charge < -0.3 is 19.5 Å². The minimum Gasteiger partial charge on any atom is -0.488 e. The van der Waals surface area contributed by atoms with Gasteiger partial charge in [0.2, 0.25) is 0 Å². The molecule has 1 N–H and O–H groups in total. The lowest BCUT2D eigenvalue weighted by Gasteiger charge is -2.36. The molecule has 1 saturated heterocycles. The zero-order valence-corrected chi connectivity index (χ0v) is 17.0. The Morgan fingerprint density at radius 3 is 2.52 bits per heavy atom. The van der Waals surface area contributed by atoms with Crippen LogP contribution in [0.1, 0.15) is 52.5 Å². The number of aliphatic hydroxyl groups excluding tert-OH is 1. The van der Waals surface area contributed by atoms with Crippen LogP contribution in [-0.4, -0.2) is 54.3 Å². The van der Waals surface area contributed by atoms with Crippen molar-refractivity contribution < 1.29 is 24.2 Å². The molecule has 0 aromatic heterocycles. The van der Waals surface area contributed by atoms with Gasteiger partial charge in [0, 0.05) is 18.5 Å². The molecule has 6 nitrogen and oxygen atoms in total. The summed E-state index contributed by atoms with van der Waals surface area (Å²) in [5, 5.41) is 10.6. The maximum absolute atomic E-state index is 12.8.